The zero-order valence-electron chi connectivity index (χ0n) is 13.2. The third-order valence-corrected chi connectivity index (χ3v) is 4.87. The van der Waals surface area contributed by atoms with Crippen molar-refractivity contribution >= 4 is 0 Å². The molecule has 2 nitrogen and oxygen atoms in total. The lowest BCUT2D eigenvalue weighted by Gasteiger charge is -2.43. The van der Waals surface area contributed by atoms with Crippen molar-refractivity contribution in [1.29, 1.82) is 0 Å². The van der Waals surface area contributed by atoms with Crippen LogP contribution < -0.4 is 0 Å². The zero-order valence-corrected chi connectivity index (χ0v) is 13.2. The summed E-state index contributed by atoms with van der Waals surface area (Å²) in [6, 6.07) is 0. The first-order valence-electron chi connectivity index (χ1n) is 7.73. The molecule has 0 aromatic rings. The monoisotopic (exact) mass is 255 g/mol. The molecule has 0 saturated carbocycles. The highest BCUT2D eigenvalue weighted by Crippen LogP contribution is 2.42. The summed E-state index contributed by atoms with van der Waals surface area (Å²) in [5, 5.41) is 0. The molecule has 1 unspecified atom stereocenters. The van der Waals surface area contributed by atoms with Crippen LogP contribution in [0, 0.1) is 17.3 Å². The minimum absolute atomic E-state index is 0.557. The van der Waals surface area contributed by atoms with Crippen LogP contribution in [0.4, 0.5) is 0 Å². The lowest BCUT2D eigenvalue weighted by Crippen LogP contribution is -2.41. The van der Waals surface area contributed by atoms with Crippen LogP contribution in [0.2, 0.25) is 0 Å². The van der Waals surface area contributed by atoms with Crippen LogP contribution in [0.1, 0.15) is 53.4 Å². The summed E-state index contributed by atoms with van der Waals surface area (Å²) in [4.78, 5) is 2.56. The molecular formula is C16H33NO. The van der Waals surface area contributed by atoms with Gasteiger partial charge in [-0.15, -0.1) is 0 Å². The van der Waals surface area contributed by atoms with Crippen molar-refractivity contribution in [3.8, 4) is 0 Å². The van der Waals surface area contributed by atoms with Crippen LogP contribution in [0.15, 0.2) is 0 Å². The molecule has 0 bridgehead atoms. The van der Waals surface area contributed by atoms with E-state index < -0.39 is 0 Å². The van der Waals surface area contributed by atoms with E-state index in [0.29, 0.717) is 5.41 Å². The Morgan fingerprint density at radius 1 is 1.28 bits per heavy atom. The van der Waals surface area contributed by atoms with E-state index in [2.05, 4.69) is 32.6 Å². The van der Waals surface area contributed by atoms with Gasteiger partial charge in [-0.1, -0.05) is 34.1 Å². The molecule has 108 valence electrons. The lowest BCUT2D eigenvalue weighted by atomic mass is 9.66. The summed E-state index contributed by atoms with van der Waals surface area (Å²) in [5.74, 6) is 1.74. The maximum absolute atomic E-state index is 5.17. The first-order chi connectivity index (χ1) is 8.51. The van der Waals surface area contributed by atoms with Crippen LogP contribution in [0.3, 0.4) is 0 Å². The molecule has 0 aliphatic carbocycles. The third-order valence-electron chi connectivity index (χ3n) is 4.87. The summed E-state index contributed by atoms with van der Waals surface area (Å²) in [6.07, 6.45) is 5.46. The minimum atomic E-state index is 0.557. The van der Waals surface area contributed by atoms with Crippen molar-refractivity contribution in [2.45, 2.75) is 53.4 Å². The van der Waals surface area contributed by atoms with Gasteiger partial charge in [0.2, 0.25) is 0 Å². The highest BCUT2D eigenvalue weighted by molar-refractivity contribution is 4.86. The second kappa shape index (κ2) is 7.49. The van der Waals surface area contributed by atoms with Crippen LogP contribution in [-0.2, 0) is 4.74 Å². The molecule has 0 radical (unpaired) electrons. The van der Waals surface area contributed by atoms with Gasteiger partial charge in [-0.2, -0.15) is 0 Å². The fourth-order valence-electron chi connectivity index (χ4n) is 3.61. The number of likely N-dealkylation sites (tertiary alicyclic amines) is 1. The van der Waals surface area contributed by atoms with E-state index in [1.807, 2.05) is 0 Å². The van der Waals surface area contributed by atoms with Gasteiger partial charge in [-0.05, 0) is 49.6 Å². The van der Waals surface area contributed by atoms with E-state index in [1.165, 1.54) is 38.8 Å². The zero-order chi connectivity index (χ0) is 13.6. The van der Waals surface area contributed by atoms with Crippen LogP contribution >= 0.6 is 0 Å². The number of ether oxygens (including phenoxy) is 1. The average molecular weight is 255 g/mol. The van der Waals surface area contributed by atoms with E-state index in [-0.39, 0.29) is 0 Å². The van der Waals surface area contributed by atoms with Crippen LogP contribution in [0.25, 0.3) is 0 Å². The second-order valence-electron chi connectivity index (χ2n) is 6.71. The van der Waals surface area contributed by atoms with Gasteiger partial charge in [0.25, 0.3) is 0 Å². The standard InChI is InChI=1S/C16H33NO/c1-6-16(4,13-14(2)3)15-7-9-17(10-8-15)11-12-18-5/h14-15H,6-13H2,1-5H3. The Kier molecular flexibility index (Phi) is 6.65. The molecule has 18 heavy (non-hydrogen) atoms. The number of nitrogens with zero attached hydrogens (tertiary/aromatic N) is 1. The average Bonchev–Trinajstić information content (AvgIpc) is 2.36. The molecule has 0 amide bonds. The van der Waals surface area contributed by atoms with Gasteiger partial charge < -0.3 is 9.64 Å². The SMILES string of the molecule is CCC(C)(CC(C)C)C1CCN(CCOC)CC1. The Bertz CT molecular complexity index is 221. The Balaban J connectivity index is 2.44. The maximum Gasteiger partial charge on any atom is 0.0589 e. The number of rotatable bonds is 7. The molecule has 1 rings (SSSR count). The molecule has 0 N–H and O–H groups in total. The van der Waals surface area contributed by atoms with Gasteiger partial charge in [0.05, 0.1) is 6.61 Å². The largest absolute Gasteiger partial charge is 0.383 e. The summed E-state index contributed by atoms with van der Waals surface area (Å²) in [7, 11) is 1.80. The molecule has 2 heteroatoms. The highest BCUT2D eigenvalue weighted by Gasteiger charge is 2.35. The molecule has 1 aliphatic heterocycles. The summed E-state index contributed by atoms with van der Waals surface area (Å²) >= 11 is 0. The first kappa shape index (κ1) is 16.0. The van der Waals surface area contributed by atoms with Crippen LogP contribution in [0.5, 0.6) is 0 Å². The van der Waals surface area contributed by atoms with E-state index in [1.54, 1.807) is 7.11 Å². The highest BCUT2D eigenvalue weighted by atomic mass is 16.5. The molecule has 1 heterocycles. The number of hydrogen-bond acceptors (Lipinski definition) is 2. The van der Waals surface area contributed by atoms with Gasteiger partial charge in [0.1, 0.15) is 0 Å². The van der Waals surface area contributed by atoms with Gasteiger partial charge in [-0.25, -0.2) is 0 Å². The Labute approximate surface area is 114 Å². The van der Waals surface area contributed by atoms with Gasteiger partial charge in [-0.3, -0.25) is 0 Å². The van der Waals surface area contributed by atoms with E-state index in [9.17, 15) is 0 Å². The van der Waals surface area contributed by atoms with Crippen molar-refractivity contribution in [2.24, 2.45) is 17.3 Å². The number of hydrogen-bond donors (Lipinski definition) is 0. The van der Waals surface area contributed by atoms with E-state index in [4.69, 9.17) is 4.74 Å². The molecule has 0 aromatic carbocycles. The molecule has 1 saturated heterocycles. The predicted molar refractivity (Wildman–Crippen MR) is 78.9 cm³/mol. The Hall–Kier alpha value is -0.0800. The predicted octanol–water partition coefficient (Wildman–Crippen LogP) is 3.81. The molecule has 1 aliphatic rings. The number of methoxy groups -OCH3 is 1. The first-order valence-corrected chi connectivity index (χ1v) is 7.73. The molecule has 1 atom stereocenters. The maximum atomic E-state index is 5.17. The Morgan fingerprint density at radius 3 is 2.33 bits per heavy atom. The quantitative estimate of drug-likeness (QED) is 0.686. The summed E-state index contributed by atoms with van der Waals surface area (Å²) in [6.45, 7) is 14.1. The minimum Gasteiger partial charge on any atom is -0.383 e. The van der Waals surface area contributed by atoms with Crippen molar-refractivity contribution in [3.05, 3.63) is 0 Å². The topological polar surface area (TPSA) is 12.5 Å². The molecular weight excluding hydrogens is 222 g/mol. The molecule has 0 aromatic heterocycles. The van der Waals surface area contributed by atoms with Gasteiger partial charge >= 0.3 is 0 Å². The fourth-order valence-corrected chi connectivity index (χ4v) is 3.61. The van der Waals surface area contributed by atoms with Gasteiger partial charge in [0, 0.05) is 13.7 Å². The van der Waals surface area contributed by atoms with Crippen molar-refractivity contribution < 1.29 is 4.74 Å². The van der Waals surface area contributed by atoms with Crippen LogP contribution in [-0.4, -0.2) is 38.3 Å². The summed E-state index contributed by atoms with van der Waals surface area (Å²) < 4.78 is 5.17. The number of piperidine rings is 1. The third kappa shape index (κ3) is 4.55. The summed E-state index contributed by atoms with van der Waals surface area (Å²) in [5.41, 5.74) is 0.557. The van der Waals surface area contributed by atoms with Crippen molar-refractivity contribution in [2.75, 3.05) is 33.4 Å². The molecule has 0 spiro atoms. The fraction of sp³-hybridized carbons (Fsp3) is 1.00. The molecule has 1 fully saturated rings. The normalized spacial score (nSPS) is 22.3. The van der Waals surface area contributed by atoms with E-state index in [0.717, 1.165) is 25.0 Å². The Morgan fingerprint density at radius 2 is 1.89 bits per heavy atom. The second-order valence-corrected chi connectivity index (χ2v) is 6.71. The van der Waals surface area contributed by atoms with Gasteiger partial charge in [0.15, 0.2) is 0 Å². The van der Waals surface area contributed by atoms with E-state index >= 15 is 0 Å². The van der Waals surface area contributed by atoms with Crippen molar-refractivity contribution in [1.82, 2.24) is 4.90 Å². The smallest absolute Gasteiger partial charge is 0.0589 e. The van der Waals surface area contributed by atoms with Crippen molar-refractivity contribution in [3.63, 3.8) is 0 Å². The lowest BCUT2D eigenvalue weighted by molar-refractivity contribution is 0.0551.